The maximum Gasteiger partial charge on any atom is 0.280 e. The topological polar surface area (TPSA) is 78.6 Å². The molecule has 0 unspecified atom stereocenters. The van der Waals surface area contributed by atoms with Gasteiger partial charge in [-0.15, -0.1) is 0 Å². The van der Waals surface area contributed by atoms with E-state index in [0.29, 0.717) is 36.4 Å². The molecule has 0 amide bonds. The molecule has 9 heteroatoms. The number of ether oxygens (including phenoxy) is 2. The molecule has 0 spiro atoms. The van der Waals surface area contributed by atoms with Crippen molar-refractivity contribution < 1.29 is 23.0 Å². The van der Waals surface area contributed by atoms with Gasteiger partial charge in [-0.1, -0.05) is 6.07 Å². The van der Waals surface area contributed by atoms with Crippen molar-refractivity contribution in [3.63, 3.8) is 0 Å². The molecule has 1 fully saturated rings. The van der Waals surface area contributed by atoms with E-state index in [1.807, 2.05) is 6.20 Å². The molecule has 1 aliphatic heterocycles. The van der Waals surface area contributed by atoms with Gasteiger partial charge in [-0.25, -0.2) is 23.7 Å². The van der Waals surface area contributed by atoms with E-state index in [4.69, 9.17) is 9.47 Å². The molecule has 0 radical (unpaired) electrons. The minimum absolute atomic E-state index is 0.0165. The Kier molecular flexibility index (Phi) is 5.48. The largest absolute Gasteiger partial charge is 0.478 e. The van der Waals surface area contributed by atoms with Gasteiger partial charge in [-0.05, 0) is 25.0 Å². The van der Waals surface area contributed by atoms with Crippen LogP contribution in [0, 0.1) is 0 Å². The molecular formula is C20H20F2N4O3. The molecule has 3 aromatic rings. The number of ketones is 1. The molecule has 1 saturated heterocycles. The van der Waals surface area contributed by atoms with Crippen LogP contribution in [0.25, 0.3) is 5.65 Å². The Morgan fingerprint density at radius 2 is 2.03 bits per heavy atom. The zero-order valence-electron chi connectivity index (χ0n) is 15.8. The minimum atomic E-state index is -2.73. The molecule has 0 saturated carbocycles. The van der Waals surface area contributed by atoms with E-state index < -0.39 is 17.9 Å². The van der Waals surface area contributed by atoms with Crippen molar-refractivity contribution in [1.29, 1.82) is 0 Å². The summed E-state index contributed by atoms with van der Waals surface area (Å²) >= 11 is 0. The number of pyridine rings is 1. The zero-order chi connectivity index (χ0) is 20.4. The Morgan fingerprint density at radius 1 is 1.24 bits per heavy atom. The molecule has 4 heterocycles. The number of carbonyl (C=O) groups excluding carboxylic acids is 1. The molecule has 0 aromatic carbocycles. The van der Waals surface area contributed by atoms with Crippen LogP contribution < -0.4 is 4.74 Å². The van der Waals surface area contributed by atoms with E-state index in [2.05, 4.69) is 15.0 Å². The summed E-state index contributed by atoms with van der Waals surface area (Å²) in [5.74, 6) is 0.216. The Labute approximate surface area is 165 Å². The normalized spacial score (nSPS) is 15.2. The standard InChI is InChI=1S/C20H20F2N4O3/c1-28-20-19-25-16(12-5-7-29-8-6-12)11-26(19)10-13(23-20)9-17(27)14-3-2-4-15(24-14)18(21)22/h2-4,10-12,18H,5-9H2,1H3. The molecule has 29 heavy (non-hydrogen) atoms. The summed E-state index contributed by atoms with van der Waals surface area (Å²) in [5, 5.41) is 0. The summed E-state index contributed by atoms with van der Waals surface area (Å²) in [4.78, 5) is 25.3. The van der Waals surface area contributed by atoms with Crippen molar-refractivity contribution >= 4 is 11.4 Å². The second-order valence-electron chi connectivity index (χ2n) is 6.87. The van der Waals surface area contributed by atoms with E-state index in [-0.39, 0.29) is 12.1 Å². The highest BCUT2D eigenvalue weighted by Gasteiger charge is 2.21. The predicted molar refractivity (Wildman–Crippen MR) is 99.6 cm³/mol. The average molecular weight is 402 g/mol. The number of hydrogen-bond acceptors (Lipinski definition) is 6. The summed E-state index contributed by atoms with van der Waals surface area (Å²) in [6, 6.07) is 4.01. The second kappa shape index (κ2) is 8.20. The molecule has 7 nitrogen and oxygen atoms in total. The smallest absolute Gasteiger partial charge is 0.280 e. The predicted octanol–water partition coefficient (Wildman–Crippen LogP) is 3.39. The quantitative estimate of drug-likeness (QED) is 0.588. The zero-order valence-corrected chi connectivity index (χ0v) is 15.8. The highest BCUT2D eigenvalue weighted by Crippen LogP contribution is 2.28. The first-order chi connectivity index (χ1) is 14.0. The summed E-state index contributed by atoms with van der Waals surface area (Å²) in [6.07, 6.45) is 2.61. The number of methoxy groups -OCH3 is 1. The van der Waals surface area contributed by atoms with Gasteiger partial charge in [0.25, 0.3) is 12.3 Å². The van der Waals surface area contributed by atoms with Crippen molar-refractivity contribution in [3.8, 4) is 5.88 Å². The monoisotopic (exact) mass is 402 g/mol. The van der Waals surface area contributed by atoms with Gasteiger partial charge in [0, 0.05) is 31.5 Å². The Balaban J connectivity index is 1.62. The number of halogens is 2. The third-order valence-electron chi connectivity index (χ3n) is 4.93. The van der Waals surface area contributed by atoms with Crippen LogP contribution >= 0.6 is 0 Å². The van der Waals surface area contributed by atoms with Crippen LogP contribution in [0.5, 0.6) is 5.88 Å². The summed E-state index contributed by atoms with van der Waals surface area (Å²) in [6.45, 7) is 1.41. The average Bonchev–Trinajstić information content (AvgIpc) is 3.18. The second-order valence-corrected chi connectivity index (χ2v) is 6.87. The van der Waals surface area contributed by atoms with E-state index >= 15 is 0 Å². The van der Waals surface area contributed by atoms with Gasteiger partial charge in [0.1, 0.15) is 11.4 Å². The molecule has 152 valence electrons. The van der Waals surface area contributed by atoms with Crippen LogP contribution in [0.4, 0.5) is 8.78 Å². The Hall–Kier alpha value is -2.94. The molecule has 4 rings (SSSR count). The summed E-state index contributed by atoms with van der Waals surface area (Å²) in [5.41, 5.74) is 1.51. The van der Waals surface area contributed by atoms with Crippen molar-refractivity contribution in [2.75, 3.05) is 20.3 Å². The molecule has 0 atom stereocenters. The maximum atomic E-state index is 12.8. The number of nitrogens with zero attached hydrogens (tertiary/aromatic N) is 4. The van der Waals surface area contributed by atoms with E-state index in [1.54, 1.807) is 10.6 Å². The lowest BCUT2D eigenvalue weighted by Gasteiger charge is -2.19. The molecule has 1 aliphatic rings. The van der Waals surface area contributed by atoms with Crippen molar-refractivity contribution in [2.24, 2.45) is 0 Å². The third kappa shape index (κ3) is 4.09. The molecule has 0 aliphatic carbocycles. The molecular weight excluding hydrogens is 382 g/mol. The minimum Gasteiger partial charge on any atom is -0.478 e. The van der Waals surface area contributed by atoms with E-state index in [0.717, 1.165) is 18.5 Å². The van der Waals surface area contributed by atoms with Crippen molar-refractivity contribution in [3.05, 3.63) is 53.4 Å². The van der Waals surface area contributed by atoms with Crippen LogP contribution in [-0.4, -0.2) is 45.5 Å². The van der Waals surface area contributed by atoms with Crippen LogP contribution in [0.2, 0.25) is 0 Å². The first-order valence-electron chi connectivity index (χ1n) is 9.33. The van der Waals surface area contributed by atoms with Crippen LogP contribution in [0.3, 0.4) is 0 Å². The highest BCUT2D eigenvalue weighted by atomic mass is 19.3. The number of aromatic nitrogens is 4. The highest BCUT2D eigenvalue weighted by molar-refractivity contribution is 5.95. The first-order valence-corrected chi connectivity index (χ1v) is 9.33. The van der Waals surface area contributed by atoms with E-state index in [1.165, 1.54) is 25.3 Å². The lowest BCUT2D eigenvalue weighted by molar-refractivity contribution is 0.0846. The lowest BCUT2D eigenvalue weighted by Crippen LogP contribution is -2.14. The van der Waals surface area contributed by atoms with Crippen molar-refractivity contribution in [2.45, 2.75) is 31.6 Å². The maximum absolute atomic E-state index is 12.8. The number of rotatable bonds is 6. The van der Waals surface area contributed by atoms with Gasteiger partial charge < -0.3 is 13.9 Å². The van der Waals surface area contributed by atoms with Crippen molar-refractivity contribution in [1.82, 2.24) is 19.4 Å². The van der Waals surface area contributed by atoms with Gasteiger partial charge in [-0.3, -0.25) is 4.79 Å². The fourth-order valence-corrected chi connectivity index (χ4v) is 3.43. The van der Waals surface area contributed by atoms with Crippen LogP contribution in [0.15, 0.2) is 30.6 Å². The van der Waals surface area contributed by atoms with Gasteiger partial charge >= 0.3 is 0 Å². The van der Waals surface area contributed by atoms with Gasteiger partial charge in [0.05, 0.1) is 24.9 Å². The molecule has 0 bridgehead atoms. The van der Waals surface area contributed by atoms with Crippen LogP contribution in [-0.2, 0) is 11.2 Å². The number of carbonyl (C=O) groups is 1. The number of imidazole rings is 1. The SMILES string of the molecule is COc1nc(CC(=O)c2cccc(C(F)F)n2)cn2cc(C3CCOCC3)nc12. The lowest BCUT2D eigenvalue weighted by atomic mass is 9.97. The number of fused-ring (bicyclic) bond motifs is 1. The molecule has 3 aromatic heterocycles. The fraction of sp³-hybridized carbons (Fsp3) is 0.400. The molecule has 0 N–H and O–H groups in total. The van der Waals surface area contributed by atoms with Gasteiger partial charge in [-0.2, -0.15) is 0 Å². The van der Waals surface area contributed by atoms with Crippen LogP contribution in [0.1, 0.15) is 52.8 Å². The fourth-order valence-electron chi connectivity index (χ4n) is 3.43. The first kappa shape index (κ1) is 19.4. The van der Waals surface area contributed by atoms with Gasteiger partial charge in [0.15, 0.2) is 5.78 Å². The summed E-state index contributed by atoms with van der Waals surface area (Å²) in [7, 11) is 1.49. The van der Waals surface area contributed by atoms with Gasteiger partial charge in [0.2, 0.25) is 5.65 Å². The number of hydrogen-bond donors (Lipinski definition) is 0. The number of alkyl halides is 2. The van der Waals surface area contributed by atoms with E-state index in [9.17, 15) is 13.6 Å². The summed E-state index contributed by atoms with van der Waals surface area (Å²) < 4.78 is 38.3. The third-order valence-corrected chi connectivity index (χ3v) is 4.93. The number of Topliss-reactive ketones (excluding diaryl/α,β-unsaturated/α-hetero) is 1. The Morgan fingerprint density at radius 3 is 2.76 bits per heavy atom. The Bertz CT molecular complexity index is 1030.